The van der Waals surface area contributed by atoms with E-state index < -0.39 is 51.1 Å². The predicted molar refractivity (Wildman–Crippen MR) is 85.3 cm³/mol. The molecule has 2 amide bonds. The molecule has 0 aromatic rings. The number of sulfone groups is 1. The Balaban J connectivity index is 1.58. The van der Waals surface area contributed by atoms with Gasteiger partial charge in [0.2, 0.25) is 5.91 Å². The summed E-state index contributed by atoms with van der Waals surface area (Å²) in [6, 6.07) is -0.924. The van der Waals surface area contributed by atoms with E-state index in [1.807, 2.05) is 0 Å². The third kappa shape index (κ3) is 3.52. The number of carbonyl (C=O) groups excluding carboxylic acids is 2. The van der Waals surface area contributed by atoms with Crippen molar-refractivity contribution in [2.75, 3.05) is 24.7 Å². The van der Waals surface area contributed by atoms with Crippen LogP contribution >= 0.6 is 0 Å². The Bertz CT molecular complexity index is 677. The molecule has 2 N–H and O–H groups in total. The van der Waals surface area contributed by atoms with Crippen molar-refractivity contribution in [1.29, 1.82) is 0 Å². The number of halogens is 1. The number of hydrogen-bond donors (Lipinski definition) is 2. The average molecular weight is 378 g/mol. The van der Waals surface area contributed by atoms with E-state index in [2.05, 4.69) is 10.6 Å². The maximum absolute atomic E-state index is 13.7. The minimum absolute atomic E-state index is 0.162. The molecule has 3 heterocycles. The first-order valence-electron chi connectivity index (χ1n) is 8.16. The lowest BCUT2D eigenvalue weighted by Crippen LogP contribution is -2.59. The fourth-order valence-corrected chi connectivity index (χ4v) is 5.61. The SMILES string of the molecule is CC(C)(F)C(=O)N[C@H]1CO[C@H]2[C@@H]1OC[C@@H]2NC(=O)C1(C)CS(=O)(=O)C1. The molecule has 0 aromatic heterocycles. The van der Waals surface area contributed by atoms with Gasteiger partial charge in [0.1, 0.15) is 12.2 Å². The van der Waals surface area contributed by atoms with Gasteiger partial charge in [0.15, 0.2) is 15.5 Å². The van der Waals surface area contributed by atoms with Crippen LogP contribution in [0.1, 0.15) is 20.8 Å². The van der Waals surface area contributed by atoms with E-state index in [9.17, 15) is 22.4 Å². The standard InChI is InChI=1S/C15H23FN2O6S/c1-14(2,16)12(19)17-8-4-23-11-9(5-24-10(8)11)18-13(20)15(3)6-25(21,22)7-15/h8-11H,4-7H2,1-3H3,(H,17,19)(H,18,20)/t8-,9-,10+,11+/m0/s1. The maximum Gasteiger partial charge on any atom is 0.257 e. The van der Waals surface area contributed by atoms with E-state index in [0.717, 1.165) is 0 Å². The second kappa shape index (κ2) is 5.88. The molecule has 3 saturated heterocycles. The second-order valence-corrected chi connectivity index (χ2v) is 9.89. The predicted octanol–water partition coefficient (Wildman–Crippen LogP) is -1.06. The molecule has 3 aliphatic rings. The van der Waals surface area contributed by atoms with Crippen LogP contribution in [0.15, 0.2) is 0 Å². The highest BCUT2D eigenvalue weighted by atomic mass is 32.2. The van der Waals surface area contributed by atoms with E-state index in [1.54, 1.807) is 6.92 Å². The second-order valence-electron chi connectivity index (χ2n) is 7.82. The molecule has 0 saturated carbocycles. The van der Waals surface area contributed by atoms with Crippen LogP contribution in [-0.4, -0.2) is 74.9 Å². The van der Waals surface area contributed by atoms with Crippen LogP contribution in [0.5, 0.6) is 0 Å². The summed E-state index contributed by atoms with van der Waals surface area (Å²) in [5, 5.41) is 5.37. The van der Waals surface area contributed by atoms with Crippen molar-refractivity contribution in [2.24, 2.45) is 5.41 Å². The van der Waals surface area contributed by atoms with Gasteiger partial charge in [-0.15, -0.1) is 0 Å². The number of fused-ring (bicyclic) bond motifs is 1. The Morgan fingerprint density at radius 1 is 1.08 bits per heavy atom. The van der Waals surface area contributed by atoms with Crippen LogP contribution in [0.25, 0.3) is 0 Å². The third-order valence-electron chi connectivity index (χ3n) is 4.85. The number of carbonyl (C=O) groups is 2. The van der Waals surface area contributed by atoms with Gasteiger partial charge in [0, 0.05) is 0 Å². The third-order valence-corrected chi connectivity index (χ3v) is 7.01. The molecule has 3 rings (SSSR count). The molecule has 142 valence electrons. The van der Waals surface area contributed by atoms with Crippen LogP contribution in [0.3, 0.4) is 0 Å². The van der Waals surface area contributed by atoms with Gasteiger partial charge in [-0.05, 0) is 20.8 Å². The number of alkyl halides is 1. The lowest BCUT2D eigenvalue weighted by atomic mass is 9.93. The van der Waals surface area contributed by atoms with Crippen LogP contribution in [0.4, 0.5) is 4.39 Å². The number of rotatable bonds is 4. The average Bonchev–Trinajstić information content (AvgIpc) is 2.99. The molecular formula is C15H23FN2O6S. The highest BCUT2D eigenvalue weighted by Gasteiger charge is 2.54. The quantitative estimate of drug-likeness (QED) is 0.645. The van der Waals surface area contributed by atoms with Crippen LogP contribution in [0, 0.1) is 5.41 Å². The molecule has 25 heavy (non-hydrogen) atoms. The summed E-state index contributed by atoms with van der Waals surface area (Å²) >= 11 is 0. The zero-order valence-corrected chi connectivity index (χ0v) is 15.2. The van der Waals surface area contributed by atoms with Crippen molar-refractivity contribution < 1.29 is 31.9 Å². The number of nitrogens with one attached hydrogen (secondary N) is 2. The van der Waals surface area contributed by atoms with Gasteiger partial charge < -0.3 is 20.1 Å². The summed E-state index contributed by atoms with van der Waals surface area (Å²) in [7, 11) is -3.13. The van der Waals surface area contributed by atoms with Crippen LogP contribution in [-0.2, 0) is 28.9 Å². The van der Waals surface area contributed by atoms with Crippen molar-refractivity contribution in [3.05, 3.63) is 0 Å². The highest BCUT2D eigenvalue weighted by Crippen LogP contribution is 2.34. The normalized spacial score (nSPS) is 35.5. The number of hydrogen-bond acceptors (Lipinski definition) is 6. The van der Waals surface area contributed by atoms with E-state index in [0.29, 0.717) is 0 Å². The molecule has 3 aliphatic heterocycles. The molecule has 3 fully saturated rings. The number of amides is 2. The maximum atomic E-state index is 13.7. The Morgan fingerprint density at radius 3 is 2.00 bits per heavy atom. The fraction of sp³-hybridized carbons (Fsp3) is 0.867. The molecule has 10 heteroatoms. The number of ether oxygens (including phenoxy) is 2. The Labute approximate surface area is 145 Å². The largest absolute Gasteiger partial charge is 0.371 e. The van der Waals surface area contributed by atoms with Crippen molar-refractivity contribution >= 4 is 21.7 Å². The topological polar surface area (TPSA) is 111 Å². The molecule has 0 aromatic carbocycles. The van der Waals surface area contributed by atoms with Crippen molar-refractivity contribution in [3.8, 4) is 0 Å². The molecule has 0 bridgehead atoms. The van der Waals surface area contributed by atoms with E-state index in [-0.39, 0.29) is 30.6 Å². The minimum atomic E-state index is -3.13. The van der Waals surface area contributed by atoms with Crippen molar-refractivity contribution in [3.63, 3.8) is 0 Å². The molecule has 0 unspecified atom stereocenters. The van der Waals surface area contributed by atoms with E-state index in [4.69, 9.17) is 9.47 Å². The lowest BCUT2D eigenvalue weighted by molar-refractivity contribution is -0.132. The van der Waals surface area contributed by atoms with Gasteiger partial charge in [-0.1, -0.05) is 0 Å². The van der Waals surface area contributed by atoms with Crippen LogP contribution in [0.2, 0.25) is 0 Å². The van der Waals surface area contributed by atoms with Crippen molar-refractivity contribution in [1.82, 2.24) is 10.6 Å². The minimum Gasteiger partial charge on any atom is -0.371 e. The zero-order valence-electron chi connectivity index (χ0n) is 14.4. The lowest BCUT2D eigenvalue weighted by Gasteiger charge is -2.37. The summed E-state index contributed by atoms with van der Waals surface area (Å²) in [5.41, 5.74) is -2.93. The molecular weight excluding hydrogens is 355 g/mol. The Hall–Kier alpha value is -1.26. The zero-order chi connectivity index (χ0) is 18.6. The van der Waals surface area contributed by atoms with Gasteiger partial charge in [-0.25, -0.2) is 12.8 Å². The highest BCUT2D eigenvalue weighted by molar-refractivity contribution is 7.93. The van der Waals surface area contributed by atoms with Gasteiger partial charge in [-0.3, -0.25) is 9.59 Å². The van der Waals surface area contributed by atoms with E-state index >= 15 is 0 Å². The molecule has 8 nitrogen and oxygen atoms in total. The monoisotopic (exact) mass is 378 g/mol. The van der Waals surface area contributed by atoms with Gasteiger partial charge in [0.25, 0.3) is 5.91 Å². The van der Waals surface area contributed by atoms with Crippen LogP contribution < -0.4 is 10.6 Å². The summed E-state index contributed by atoms with van der Waals surface area (Å²) in [6.07, 6.45) is -0.938. The smallest absolute Gasteiger partial charge is 0.257 e. The fourth-order valence-electron chi connectivity index (χ4n) is 3.49. The molecule has 4 atom stereocenters. The summed E-state index contributed by atoms with van der Waals surface area (Å²) < 4.78 is 47.6. The first-order chi connectivity index (χ1) is 11.4. The van der Waals surface area contributed by atoms with Gasteiger partial charge >= 0.3 is 0 Å². The Kier molecular flexibility index (Phi) is 4.36. The molecule has 0 radical (unpaired) electrons. The van der Waals surface area contributed by atoms with E-state index in [1.165, 1.54) is 13.8 Å². The first-order valence-corrected chi connectivity index (χ1v) is 9.98. The Morgan fingerprint density at radius 2 is 1.56 bits per heavy atom. The summed E-state index contributed by atoms with van der Waals surface area (Å²) in [5.74, 6) is -1.43. The van der Waals surface area contributed by atoms with Crippen molar-refractivity contribution in [2.45, 2.75) is 50.7 Å². The first kappa shape index (κ1) is 18.5. The summed E-state index contributed by atoms with van der Waals surface area (Å²) in [4.78, 5) is 24.1. The van der Waals surface area contributed by atoms with Gasteiger partial charge in [0.05, 0.1) is 42.2 Å². The summed E-state index contributed by atoms with van der Waals surface area (Å²) in [6.45, 7) is 4.30. The van der Waals surface area contributed by atoms with Gasteiger partial charge in [-0.2, -0.15) is 0 Å². The molecule has 0 aliphatic carbocycles. The molecule has 0 spiro atoms.